The molecule has 1 aromatic carbocycles. The summed E-state index contributed by atoms with van der Waals surface area (Å²) in [5, 5.41) is 5.21. The molecule has 1 aromatic heterocycles. The van der Waals surface area contributed by atoms with E-state index >= 15 is 0 Å². The number of nitrogens with zero attached hydrogens (tertiary/aromatic N) is 4. The van der Waals surface area contributed by atoms with Crippen molar-refractivity contribution in [3.05, 3.63) is 39.9 Å². The third kappa shape index (κ3) is 3.54. The molecule has 138 valence electrons. The number of aryl methyl sites for hydroxylation is 1. The Hall–Kier alpha value is -2.12. The molecule has 2 aromatic rings. The summed E-state index contributed by atoms with van der Waals surface area (Å²) in [4.78, 5) is 30.1. The highest BCUT2D eigenvalue weighted by atomic mass is 35.5. The number of likely N-dealkylation sites (tertiary alicyclic amines) is 1. The van der Waals surface area contributed by atoms with Crippen molar-refractivity contribution < 1.29 is 9.59 Å². The number of halogens is 2. The van der Waals surface area contributed by atoms with E-state index in [0.29, 0.717) is 53.9 Å². The van der Waals surface area contributed by atoms with Crippen molar-refractivity contribution in [2.75, 3.05) is 13.1 Å². The first kappa shape index (κ1) is 18.7. The number of primary amides is 1. The molecule has 1 fully saturated rings. The second-order valence-corrected chi connectivity index (χ2v) is 6.97. The van der Waals surface area contributed by atoms with Crippen molar-refractivity contribution in [1.82, 2.24) is 19.7 Å². The molecule has 1 aliphatic heterocycles. The van der Waals surface area contributed by atoms with Crippen LogP contribution >= 0.6 is 23.2 Å². The van der Waals surface area contributed by atoms with Gasteiger partial charge < -0.3 is 10.6 Å². The van der Waals surface area contributed by atoms with Crippen LogP contribution in [0.25, 0.3) is 5.69 Å². The van der Waals surface area contributed by atoms with Crippen molar-refractivity contribution >= 4 is 35.0 Å². The smallest absolute Gasteiger partial charge is 0.293 e. The number of benzene rings is 1. The van der Waals surface area contributed by atoms with E-state index in [1.165, 1.54) is 4.68 Å². The number of hydrogen-bond acceptors (Lipinski definition) is 4. The number of aromatic nitrogens is 3. The fourth-order valence-electron chi connectivity index (χ4n) is 3.04. The fourth-order valence-corrected chi connectivity index (χ4v) is 3.60. The predicted molar refractivity (Wildman–Crippen MR) is 98.6 cm³/mol. The molecule has 0 spiro atoms. The number of amides is 2. The highest BCUT2D eigenvalue weighted by Gasteiger charge is 2.29. The van der Waals surface area contributed by atoms with Gasteiger partial charge >= 0.3 is 0 Å². The zero-order valence-corrected chi connectivity index (χ0v) is 15.8. The molecular weight excluding hydrogens is 377 g/mol. The summed E-state index contributed by atoms with van der Waals surface area (Å²) in [6, 6.07) is 5.16. The molecule has 9 heteroatoms. The highest BCUT2D eigenvalue weighted by Crippen LogP contribution is 2.29. The zero-order valence-electron chi connectivity index (χ0n) is 14.3. The first-order chi connectivity index (χ1) is 12.4. The number of carbonyl (C=O) groups excluding carboxylic acids is 2. The lowest BCUT2D eigenvalue weighted by atomic mass is 9.96. The molecule has 2 N–H and O–H groups in total. The van der Waals surface area contributed by atoms with Gasteiger partial charge in [0.2, 0.25) is 11.7 Å². The number of rotatable bonds is 4. The molecule has 0 radical (unpaired) electrons. The van der Waals surface area contributed by atoms with Crippen molar-refractivity contribution in [2.24, 2.45) is 11.7 Å². The zero-order chi connectivity index (χ0) is 18.8. The monoisotopic (exact) mass is 395 g/mol. The van der Waals surface area contributed by atoms with E-state index in [0.717, 1.165) is 0 Å². The molecule has 2 heterocycles. The van der Waals surface area contributed by atoms with Crippen LogP contribution in [-0.2, 0) is 11.2 Å². The first-order valence-corrected chi connectivity index (χ1v) is 9.16. The van der Waals surface area contributed by atoms with Gasteiger partial charge in [-0.3, -0.25) is 9.59 Å². The number of nitrogens with two attached hydrogens (primary N) is 1. The average molecular weight is 396 g/mol. The van der Waals surface area contributed by atoms with Crippen molar-refractivity contribution in [1.29, 1.82) is 0 Å². The lowest BCUT2D eigenvalue weighted by Crippen LogP contribution is -2.42. The number of piperidine rings is 1. The number of carbonyl (C=O) groups is 2. The van der Waals surface area contributed by atoms with Crippen LogP contribution in [0.3, 0.4) is 0 Å². The number of hydrogen-bond donors (Lipinski definition) is 1. The lowest BCUT2D eigenvalue weighted by molar-refractivity contribution is -0.123. The van der Waals surface area contributed by atoms with Gasteiger partial charge in [-0.1, -0.05) is 36.2 Å². The maximum absolute atomic E-state index is 12.8. The minimum Gasteiger partial charge on any atom is -0.369 e. The summed E-state index contributed by atoms with van der Waals surface area (Å²) in [6.45, 7) is 2.82. The van der Waals surface area contributed by atoms with Gasteiger partial charge in [-0.2, -0.15) is 0 Å². The van der Waals surface area contributed by atoms with E-state index in [1.54, 1.807) is 23.1 Å². The Labute approximate surface area is 161 Å². The van der Waals surface area contributed by atoms with E-state index in [-0.39, 0.29) is 23.6 Å². The molecule has 3 rings (SSSR count). The van der Waals surface area contributed by atoms with Crippen LogP contribution in [0.2, 0.25) is 10.0 Å². The third-order valence-electron chi connectivity index (χ3n) is 4.52. The SMILES string of the molecule is CCc1nc(C(=O)N2CCC(C(N)=O)CC2)nn1-c1c(Cl)cccc1Cl. The van der Waals surface area contributed by atoms with E-state index in [1.807, 2.05) is 6.92 Å². The van der Waals surface area contributed by atoms with Crippen molar-refractivity contribution in [3.8, 4) is 5.69 Å². The summed E-state index contributed by atoms with van der Waals surface area (Å²) >= 11 is 12.5. The predicted octanol–water partition coefficient (Wildman–Crippen LogP) is 2.47. The largest absolute Gasteiger partial charge is 0.369 e. The Morgan fingerprint density at radius 1 is 1.23 bits per heavy atom. The Morgan fingerprint density at radius 2 is 1.85 bits per heavy atom. The highest BCUT2D eigenvalue weighted by molar-refractivity contribution is 6.37. The van der Waals surface area contributed by atoms with Crippen LogP contribution < -0.4 is 5.73 Å². The lowest BCUT2D eigenvalue weighted by Gasteiger charge is -2.29. The Bertz CT molecular complexity index is 823. The summed E-state index contributed by atoms with van der Waals surface area (Å²) in [6.07, 6.45) is 1.67. The summed E-state index contributed by atoms with van der Waals surface area (Å²) in [5.41, 5.74) is 5.84. The van der Waals surface area contributed by atoms with Gasteiger partial charge in [0, 0.05) is 25.4 Å². The van der Waals surface area contributed by atoms with Gasteiger partial charge in [0.05, 0.1) is 10.0 Å². The number of para-hydroxylation sites is 1. The van der Waals surface area contributed by atoms with Crippen LogP contribution in [0, 0.1) is 5.92 Å². The fraction of sp³-hybridized carbons (Fsp3) is 0.412. The molecule has 26 heavy (non-hydrogen) atoms. The van der Waals surface area contributed by atoms with E-state index in [9.17, 15) is 9.59 Å². The van der Waals surface area contributed by atoms with Gasteiger partial charge in [0.1, 0.15) is 11.5 Å². The standard InChI is InChI=1S/C17H19Cl2N5O2/c1-2-13-21-16(17(26)23-8-6-10(7-9-23)15(20)25)22-24(13)14-11(18)4-3-5-12(14)19/h3-5,10H,2,6-9H2,1H3,(H2,20,25). The maximum Gasteiger partial charge on any atom is 0.293 e. The van der Waals surface area contributed by atoms with Gasteiger partial charge in [0.15, 0.2) is 0 Å². The van der Waals surface area contributed by atoms with Gasteiger partial charge in [0.25, 0.3) is 5.91 Å². The Kier molecular flexibility index (Phi) is 5.48. The Morgan fingerprint density at radius 3 is 2.38 bits per heavy atom. The van der Waals surface area contributed by atoms with E-state index in [2.05, 4.69) is 10.1 Å². The van der Waals surface area contributed by atoms with Crippen molar-refractivity contribution in [2.45, 2.75) is 26.2 Å². The maximum atomic E-state index is 12.8. The third-order valence-corrected chi connectivity index (χ3v) is 5.13. The van der Waals surface area contributed by atoms with Gasteiger partial charge in [-0.05, 0) is 25.0 Å². The second-order valence-electron chi connectivity index (χ2n) is 6.16. The molecule has 0 saturated carbocycles. The van der Waals surface area contributed by atoms with E-state index in [4.69, 9.17) is 28.9 Å². The second kappa shape index (κ2) is 7.63. The van der Waals surface area contributed by atoms with Crippen LogP contribution in [0.15, 0.2) is 18.2 Å². The van der Waals surface area contributed by atoms with Crippen LogP contribution in [-0.4, -0.2) is 44.6 Å². The quantitative estimate of drug-likeness (QED) is 0.859. The summed E-state index contributed by atoms with van der Waals surface area (Å²) < 4.78 is 1.52. The summed E-state index contributed by atoms with van der Waals surface area (Å²) in [7, 11) is 0. The normalized spacial score (nSPS) is 15.3. The molecule has 7 nitrogen and oxygen atoms in total. The van der Waals surface area contributed by atoms with Gasteiger partial charge in [-0.25, -0.2) is 9.67 Å². The van der Waals surface area contributed by atoms with Crippen molar-refractivity contribution in [3.63, 3.8) is 0 Å². The Balaban J connectivity index is 1.87. The van der Waals surface area contributed by atoms with Crippen LogP contribution in [0.5, 0.6) is 0 Å². The van der Waals surface area contributed by atoms with E-state index < -0.39 is 0 Å². The molecular formula is C17H19Cl2N5O2. The molecule has 1 saturated heterocycles. The molecule has 0 aliphatic carbocycles. The topological polar surface area (TPSA) is 94.1 Å². The minimum atomic E-state index is -0.318. The van der Waals surface area contributed by atoms with Gasteiger partial charge in [-0.15, -0.1) is 5.10 Å². The molecule has 1 aliphatic rings. The molecule has 0 bridgehead atoms. The van der Waals surface area contributed by atoms with Crippen LogP contribution in [0.1, 0.15) is 36.2 Å². The average Bonchev–Trinajstić information content (AvgIpc) is 3.05. The molecule has 0 unspecified atom stereocenters. The first-order valence-electron chi connectivity index (χ1n) is 8.41. The minimum absolute atomic E-state index is 0.0929. The molecule has 2 amide bonds. The summed E-state index contributed by atoms with van der Waals surface area (Å²) in [5.74, 6) is -0.0888. The molecule has 0 atom stereocenters. The van der Waals surface area contributed by atoms with Crippen LogP contribution in [0.4, 0.5) is 0 Å².